The normalized spacial score (nSPS) is 16.8. The Morgan fingerprint density at radius 2 is 2.25 bits per heavy atom. The molecule has 0 unspecified atom stereocenters. The fraction of sp³-hybridized carbons (Fsp3) is 0.286. The van der Waals surface area contributed by atoms with Crippen LogP contribution in [0.5, 0.6) is 11.5 Å². The van der Waals surface area contributed by atoms with E-state index in [-0.39, 0.29) is 6.10 Å². The number of benzene rings is 1. The summed E-state index contributed by atoms with van der Waals surface area (Å²) in [6, 6.07) is 7.49. The second kappa shape index (κ2) is 5.50. The van der Waals surface area contributed by atoms with E-state index in [2.05, 4.69) is 4.98 Å². The van der Waals surface area contributed by atoms with Gasteiger partial charge in [-0.2, -0.15) is 0 Å². The van der Waals surface area contributed by atoms with Crippen molar-refractivity contribution in [2.24, 2.45) is 0 Å². The van der Waals surface area contributed by atoms with Gasteiger partial charge in [0.2, 0.25) is 0 Å². The molecular formula is C14H13NO4S. The van der Waals surface area contributed by atoms with Crippen molar-refractivity contribution in [1.29, 1.82) is 0 Å². The Kier molecular flexibility index (Phi) is 3.56. The topological polar surface area (TPSA) is 57.7 Å². The number of esters is 1. The van der Waals surface area contributed by atoms with Crippen LogP contribution in [-0.2, 0) is 4.74 Å². The molecule has 3 rings (SSSR count). The molecule has 104 valence electrons. The van der Waals surface area contributed by atoms with Crippen LogP contribution in [0.1, 0.15) is 28.5 Å². The summed E-state index contributed by atoms with van der Waals surface area (Å²) < 4.78 is 16.4. The zero-order chi connectivity index (χ0) is 13.9. The van der Waals surface area contributed by atoms with Crippen molar-refractivity contribution in [3.8, 4) is 11.5 Å². The van der Waals surface area contributed by atoms with E-state index in [1.54, 1.807) is 12.3 Å². The van der Waals surface area contributed by atoms with Gasteiger partial charge in [0, 0.05) is 5.38 Å². The van der Waals surface area contributed by atoms with Gasteiger partial charge in [0.05, 0.1) is 6.61 Å². The van der Waals surface area contributed by atoms with E-state index in [1.165, 1.54) is 11.3 Å². The molecule has 5 nitrogen and oxygen atoms in total. The van der Waals surface area contributed by atoms with Gasteiger partial charge in [-0.15, -0.1) is 11.3 Å². The Morgan fingerprint density at radius 3 is 3.05 bits per heavy atom. The Balaban J connectivity index is 1.77. The lowest BCUT2D eigenvalue weighted by molar-refractivity contribution is 0.0518. The first kappa shape index (κ1) is 12.9. The Hall–Kier alpha value is -2.08. The number of ether oxygens (including phenoxy) is 3. The fourth-order valence-electron chi connectivity index (χ4n) is 1.88. The average molecular weight is 291 g/mol. The van der Waals surface area contributed by atoms with Crippen molar-refractivity contribution in [2.75, 3.05) is 13.2 Å². The average Bonchev–Trinajstić information content (AvgIpc) is 2.97. The molecular weight excluding hydrogens is 278 g/mol. The first-order valence-electron chi connectivity index (χ1n) is 6.29. The van der Waals surface area contributed by atoms with Crippen molar-refractivity contribution in [3.63, 3.8) is 0 Å². The van der Waals surface area contributed by atoms with Crippen LogP contribution in [0.3, 0.4) is 0 Å². The lowest BCUT2D eigenvalue weighted by atomic mass is 10.2. The molecule has 0 saturated heterocycles. The minimum absolute atomic E-state index is 0.293. The molecule has 0 radical (unpaired) electrons. The van der Waals surface area contributed by atoms with Crippen LogP contribution in [0.15, 0.2) is 29.6 Å². The van der Waals surface area contributed by atoms with Crippen molar-refractivity contribution in [3.05, 3.63) is 40.3 Å². The summed E-state index contributed by atoms with van der Waals surface area (Å²) in [6.45, 7) is 2.48. The lowest BCUT2D eigenvalue weighted by Gasteiger charge is -2.24. The summed E-state index contributed by atoms with van der Waals surface area (Å²) in [7, 11) is 0. The van der Waals surface area contributed by atoms with Crippen molar-refractivity contribution in [1.82, 2.24) is 4.98 Å². The highest BCUT2D eigenvalue weighted by molar-refractivity contribution is 7.09. The van der Waals surface area contributed by atoms with E-state index in [0.29, 0.717) is 29.7 Å². The van der Waals surface area contributed by atoms with Crippen LogP contribution in [0.25, 0.3) is 0 Å². The molecule has 2 heterocycles. The van der Waals surface area contributed by atoms with Gasteiger partial charge < -0.3 is 14.2 Å². The Bertz CT molecular complexity index is 625. The zero-order valence-corrected chi connectivity index (χ0v) is 11.7. The molecule has 0 fully saturated rings. The quantitative estimate of drug-likeness (QED) is 0.814. The molecule has 1 aromatic heterocycles. The Morgan fingerprint density at radius 1 is 1.45 bits per heavy atom. The highest BCUT2D eigenvalue weighted by Crippen LogP contribution is 2.36. The highest BCUT2D eigenvalue weighted by atomic mass is 32.1. The number of para-hydroxylation sites is 2. The van der Waals surface area contributed by atoms with Gasteiger partial charge in [0.1, 0.15) is 11.6 Å². The van der Waals surface area contributed by atoms with Crippen molar-refractivity contribution in [2.45, 2.75) is 13.0 Å². The first-order valence-corrected chi connectivity index (χ1v) is 7.17. The lowest BCUT2D eigenvalue weighted by Crippen LogP contribution is -2.21. The number of carbonyl (C=O) groups excluding carboxylic acids is 1. The highest BCUT2D eigenvalue weighted by Gasteiger charge is 2.26. The Labute approximate surface area is 120 Å². The maximum atomic E-state index is 11.6. The molecule has 0 N–H and O–H groups in total. The summed E-state index contributed by atoms with van der Waals surface area (Å²) >= 11 is 1.37. The smallest absolute Gasteiger partial charge is 0.357 e. The summed E-state index contributed by atoms with van der Waals surface area (Å²) in [6.07, 6.45) is -0.293. The van der Waals surface area contributed by atoms with E-state index in [1.807, 2.05) is 24.3 Å². The fourth-order valence-corrected chi connectivity index (χ4v) is 2.68. The third-order valence-electron chi connectivity index (χ3n) is 2.79. The van der Waals surface area contributed by atoms with Crippen molar-refractivity contribution >= 4 is 17.3 Å². The molecule has 1 aliphatic rings. The molecule has 1 aromatic carbocycles. The van der Waals surface area contributed by atoms with Gasteiger partial charge in [-0.25, -0.2) is 9.78 Å². The first-order chi connectivity index (χ1) is 9.78. The number of aromatic nitrogens is 1. The van der Waals surface area contributed by atoms with Gasteiger partial charge >= 0.3 is 5.97 Å². The minimum Gasteiger partial charge on any atom is -0.485 e. The molecule has 0 aliphatic carbocycles. The summed E-state index contributed by atoms with van der Waals surface area (Å²) in [5.74, 6) is 1.01. The number of nitrogens with zero attached hydrogens (tertiary/aromatic N) is 1. The number of thiazole rings is 1. The van der Waals surface area contributed by atoms with Crippen LogP contribution < -0.4 is 9.47 Å². The maximum absolute atomic E-state index is 11.6. The van der Waals surface area contributed by atoms with E-state index < -0.39 is 5.97 Å². The molecule has 0 spiro atoms. The van der Waals surface area contributed by atoms with Gasteiger partial charge in [0.15, 0.2) is 23.3 Å². The van der Waals surface area contributed by atoms with Crippen LogP contribution in [-0.4, -0.2) is 24.2 Å². The molecule has 1 atom stereocenters. The number of hydrogen-bond acceptors (Lipinski definition) is 6. The molecule has 0 amide bonds. The van der Waals surface area contributed by atoms with E-state index in [4.69, 9.17) is 14.2 Å². The second-order valence-electron chi connectivity index (χ2n) is 4.16. The molecule has 0 saturated carbocycles. The predicted molar refractivity (Wildman–Crippen MR) is 73.4 cm³/mol. The van der Waals surface area contributed by atoms with Crippen LogP contribution in [0.2, 0.25) is 0 Å². The van der Waals surface area contributed by atoms with Gasteiger partial charge in [-0.05, 0) is 19.1 Å². The number of hydrogen-bond donors (Lipinski definition) is 0. The van der Waals surface area contributed by atoms with Crippen LogP contribution in [0.4, 0.5) is 0 Å². The molecule has 1 aliphatic heterocycles. The van der Waals surface area contributed by atoms with Gasteiger partial charge in [0.25, 0.3) is 0 Å². The number of carbonyl (C=O) groups is 1. The van der Waals surface area contributed by atoms with E-state index in [9.17, 15) is 4.79 Å². The van der Waals surface area contributed by atoms with E-state index in [0.717, 1.165) is 5.75 Å². The molecule has 20 heavy (non-hydrogen) atoms. The SMILES string of the molecule is CCOC(=O)c1csc([C@H]2COc3ccccc3O2)n1. The minimum atomic E-state index is -0.410. The predicted octanol–water partition coefficient (Wildman–Crippen LogP) is 2.83. The third kappa shape index (κ3) is 2.46. The molecule has 6 heteroatoms. The summed E-state index contributed by atoms with van der Waals surface area (Å²) in [5, 5.41) is 2.39. The largest absolute Gasteiger partial charge is 0.485 e. The second-order valence-corrected chi connectivity index (χ2v) is 5.05. The van der Waals surface area contributed by atoms with Crippen molar-refractivity contribution < 1.29 is 19.0 Å². The molecule has 2 aromatic rings. The number of rotatable bonds is 3. The summed E-state index contributed by atoms with van der Waals surface area (Å²) in [5.41, 5.74) is 0.314. The van der Waals surface area contributed by atoms with Crippen LogP contribution >= 0.6 is 11.3 Å². The standard InChI is InChI=1S/C14H13NO4S/c1-2-17-14(16)9-8-20-13(15-9)12-7-18-10-5-3-4-6-11(10)19-12/h3-6,8,12H,2,7H2,1H3/t12-/m1/s1. The maximum Gasteiger partial charge on any atom is 0.357 e. The molecule has 0 bridgehead atoms. The summed E-state index contributed by atoms with van der Waals surface area (Å²) in [4.78, 5) is 15.9. The van der Waals surface area contributed by atoms with Gasteiger partial charge in [-0.3, -0.25) is 0 Å². The van der Waals surface area contributed by atoms with Gasteiger partial charge in [-0.1, -0.05) is 12.1 Å². The number of fused-ring (bicyclic) bond motifs is 1. The van der Waals surface area contributed by atoms with Crippen LogP contribution in [0, 0.1) is 0 Å². The third-order valence-corrected chi connectivity index (χ3v) is 3.73. The monoisotopic (exact) mass is 291 g/mol. The zero-order valence-electron chi connectivity index (χ0n) is 10.9. The van der Waals surface area contributed by atoms with E-state index >= 15 is 0 Å².